The first-order chi connectivity index (χ1) is 10.4. The summed E-state index contributed by atoms with van der Waals surface area (Å²) in [6.45, 7) is 1.50. The minimum Gasteiger partial charge on any atom is -0.393 e. The fourth-order valence-electron chi connectivity index (χ4n) is 3.91. The predicted molar refractivity (Wildman–Crippen MR) is 87.1 cm³/mol. The largest absolute Gasteiger partial charge is 0.393 e. The molecule has 0 radical (unpaired) electrons. The smallest absolute Gasteiger partial charge is 0.241 e. The second kappa shape index (κ2) is 4.39. The third-order valence-corrected chi connectivity index (χ3v) is 5.81. The molecule has 0 unspecified atom stereocenters. The van der Waals surface area contributed by atoms with Gasteiger partial charge in [0.2, 0.25) is 11.8 Å². The van der Waals surface area contributed by atoms with Crippen molar-refractivity contribution < 1.29 is 19.4 Å². The Bertz CT molecular complexity index is 733. The highest BCUT2D eigenvalue weighted by atomic mass is 127. The molecule has 4 rings (SSSR count). The molecule has 4 atom stereocenters. The molecule has 1 aromatic carbocycles. The quantitative estimate of drug-likeness (QED) is 0.455. The van der Waals surface area contributed by atoms with Crippen molar-refractivity contribution in [3.63, 3.8) is 0 Å². The third kappa shape index (κ3) is 1.55. The number of anilines is 1. The molecule has 3 heterocycles. The van der Waals surface area contributed by atoms with Crippen LogP contribution in [0.4, 0.5) is 5.69 Å². The van der Waals surface area contributed by atoms with Crippen LogP contribution in [0.5, 0.6) is 0 Å². The Balaban J connectivity index is 1.84. The molecule has 3 aliphatic rings. The minimum atomic E-state index is -1.07. The lowest BCUT2D eigenvalue weighted by molar-refractivity contribution is -0.131. The van der Waals surface area contributed by atoms with Crippen molar-refractivity contribution >= 4 is 40.1 Å². The number of carbonyl (C=O) groups is 2. The van der Waals surface area contributed by atoms with Gasteiger partial charge in [-0.3, -0.25) is 9.59 Å². The van der Waals surface area contributed by atoms with E-state index >= 15 is 0 Å². The van der Waals surface area contributed by atoms with Crippen molar-refractivity contribution in [2.24, 2.45) is 11.8 Å². The van der Waals surface area contributed by atoms with Gasteiger partial charge in [-0.1, -0.05) is 24.3 Å². The van der Waals surface area contributed by atoms with Crippen LogP contribution in [0.2, 0.25) is 0 Å². The number of hydrogen-bond acceptors (Lipinski definition) is 4. The number of aliphatic hydroxyl groups is 1. The number of para-hydroxylation sites is 1. The summed E-state index contributed by atoms with van der Waals surface area (Å²) < 4.78 is 6.73. The average Bonchev–Trinajstić information content (AvgIpc) is 3.07. The van der Waals surface area contributed by atoms with E-state index in [1.165, 1.54) is 4.90 Å². The fourth-order valence-corrected chi connectivity index (χ4v) is 4.54. The number of benzene rings is 1. The highest BCUT2D eigenvalue weighted by Crippen LogP contribution is 2.57. The van der Waals surface area contributed by atoms with Crippen LogP contribution in [0, 0.1) is 15.4 Å². The molecule has 114 valence electrons. The number of rotatable bonds is 2. The fraction of sp³-hybridized carbons (Fsp3) is 0.375. The Morgan fingerprint density at radius 2 is 1.91 bits per heavy atom. The number of halogens is 1. The lowest BCUT2D eigenvalue weighted by Crippen LogP contribution is -2.43. The number of hydrogen-bond donors (Lipinski definition) is 1. The molecule has 2 amide bonds. The normalized spacial score (nSPS) is 39.0. The van der Waals surface area contributed by atoms with Gasteiger partial charge in [0.05, 0.1) is 29.7 Å². The van der Waals surface area contributed by atoms with E-state index in [1.54, 1.807) is 31.2 Å². The van der Waals surface area contributed by atoms with Crippen LogP contribution in [0.15, 0.2) is 36.4 Å². The van der Waals surface area contributed by atoms with Crippen LogP contribution in [-0.4, -0.2) is 34.7 Å². The zero-order valence-corrected chi connectivity index (χ0v) is 14.0. The summed E-state index contributed by atoms with van der Waals surface area (Å²) >= 11 is 2.11. The minimum absolute atomic E-state index is 0.249. The maximum atomic E-state index is 12.9. The van der Waals surface area contributed by atoms with Gasteiger partial charge in [0, 0.05) is 3.57 Å². The Kier molecular flexibility index (Phi) is 2.87. The first-order valence-corrected chi connectivity index (χ1v) is 8.15. The van der Waals surface area contributed by atoms with E-state index < -0.39 is 23.0 Å². The summed E-state index contributed by atoms with van der Waals surface area (Å²) in [5.41, 5.74) is -1.29. The first kappa shape index (κ1) is 14.3. The third-order valence-electron chi connectivity index (χ3n) is 4.90. The van der Waals surface area contributed by atoms with Crippen LogP contribution in [0.25, 0.3) is 0 Å². The molecule has 0 saturated carbocycles. The van der Waals surface area contributed by atoms with E-state index in [0.717, 1.165) is 3.57 Å². The summed E-state index contributed by atoms with van der Waals surface area (Å²) in [7, 11) is 0. The van der Waals surface area contributed by atoms with Gasteiger partial charge in [-0.15, -0.1) is 0 Å². The molecule has 3 aliphatic heterocycles. The van der Waals surface area contributed by atoms with Crippen LogP contribution >= 0.6 is 22.6 Å². The molecule has 2 saturated heterocycles. The van der Waals surface area contributed by atoms with E-state index in [-0.39, 0.29) is 18.4 Å². The van der Waals surface area contributed by atoms with Crippen molar-refractivity contribution in [3.8, 4) is 0 Å². The number of carbonyl (C=O) groups excluding carboxylic acids is 2. The van der Waals surface area contributed by atoms with Crippen LogP contribution in [-0.2, 0) is 14.3 Å². The second-order valence-electron chi connectivity index (χ2n) is 6.15. The molecule has 5 nitrogen and oxygen atoms in total. The van der Waals surface area contributed by atoms with Gasteiger partial charge in [0.25, 0.3) is 0 Å². The van der Waals surface area contributed by atoms with Crippen LogP contribution in [0.1, 0.15) is 6.92 Å². The molecular formula is C16H14INO4. The number of ether oxygens (including phenoxy) is 1. The number of nitrogens with zero attached hydrogens (tertiary/aromatic N) is 1. The van der Waals surface area contributed by atoms with Gasteiger partial charge >= 0.3 is 0 Å². The van der Waals surface area contributed by atoms with Gasteiger partial charge in [-0.25, -0.2) is 4.90 Å². The van der Waals surface area contributed by atoms with Crippen molar-refractivity contribution in [3.05, 3.63) is 40.0 Å². The zero-order chi connectivity index (χ0) is 15.7. The molecule has 2 bridgehead atoms. The van der Waals surface area contributed by atoms with Crippen molar-refractivity contribution in [1.82, 2.24) is 0 Å². The predicted octanol–water partition coefficient (Wildman–Crippen LogP) is 1.49. The average molecular weight is 411 g/mol. The summed E-state index contributed by atoms with van der Waals surface area (Å²) in [6.07, 6.45) is 3.54. The topological polar surface area (TPSA) is 66.8 Å². The van der Waals surface area contributed by atoms with Crippen molar-refractivity contribution in [2.45, 2.75) is 18.1 Å². The second-order valence-corrected chi connectivity index (χ2v) is 7.31. The van der Waals surface area contributed by atoms with E-state index in [1.807, 2.05) is 12.1 Å². The first-order valence-electron chi connectivity index (χ1n) is 7.07. The molecule has 0 spiro atoms. The van der Waals surface area contributed by atoms with Crippen molar-refractivity contribution in [1.29, 1.82) is 0 Å². The summed E-state index contributed by atoms with van der Waals surface area (Å²) in [5, 5.41) is 9.76. The van der Waals surface area contributed by atoms with Gasteiger partial charge in [-0.2, -0.15) is 0 Å². The van der Waals surface area contributed by atoms with E-state index in [0.29, 0.717) is 5.69 Å². The maximum absolute atomic E-state index is 12.9. The highest BCUT2D eigenvalue weighted by molar-refractivity contribution is 14.1. The highest BCUT2D eigenvalue weighted by Gasteiger charge is 2.72. The zero-order valence-electron chi connectivity index (χ0n) is 11.8. The molecule has 22 heavy (non-hydrogen) atoms. The van der Waals surface area contributed by atoms with Gasteiger partial charge in [-0.05, 0) is 41.6 Å². The monoisotopic (exact) mass is 411 g/mol. The number of amides is 2. The summed E-state index contributed by atoms with van der Waals surface area (Å²) in [6, 6.07) is 7.29. The van der Waals surface area contributed by atoms with E-state index in [4.69, 9.17) is 4.74 Å². The Labute approximate surface area is 141 Å². The Morgan fingerprint density at radius 3 is 2.59 bits per heavy atom. The molecule has 1 N–H and O–H groups in total. The molecule has 2 fully saturated rings. The summed E-state index contributed by atoms with van der Waals surface area (Å²) in [5.74, 6) is -1.77. The maximum Gasteiger partial charge on any atom is 0.241 e. The van der Waals surface area contributed by atoms with E-state index in [2.05, 4.69) is 22.6 Å². The Hall–Kier alpha value is -1.25. The van der Waals surface area contributed by atoms with E-state index in [9.17, 15) is 14.7 Å². The Morgan fingerprint density at radius 1 is 1.23 bits per heavy atom. The number of imide groups is 1. The molecule has 0 aliphatic carbocycles. The molecule has 0 aromatic heterocycles. The van der Waals surface area contributed by atoms with Gasteiger partial charge in [0.15, 0.2) is 0 Å². The molecular weight excluding hydrogens is 397 g/mol. The van der Waals surface area contributed by atoms with Gasteiger partial charge in [0.1, 0.15) is 5.60 Å². The van der Waals surface area contributed by atoms with Crippen LogP contribution in [0.3, 0.4) is 0 Å². The van der Waals surface area contributed by atoms with Gasteiger partial charge < -0.3 is 9.84 Å². The lowest BCUT2D eigenvalue weighted by atomic mass is 9.73. The molecule has 6 heteroatoms. The van der Waals surface area contributed by atoms with Crippen LogP contribution < -0.4 is 4.90 Å². The number of fused-ring (bicyclic) bond motifs is 5. The summed E-state index contributed by atoms with van der Waals surface area (Å²) in [4.78, 5) is 27.1. The standard InChI is InChI=1S/C16H14INO4/c1-15-6-7-16(8-19,22-15)12-11(15)13(20)18(14(12)21)10-5-3-2-4-9(10)17/h2-7,11-12,19H,8H2,1H3/t11-,12-,15-,16-/m0/s1. The lowest BCUT2D eigenvalue weighted by Gasteiger charge is -2.27. The molecule has 1 aromatic rings. The number of aliphatic hydroxyl groups excluding tert-OH is 1. The van der Waals surface area contributed by atoms with Crippen molar-refractivity contribution in [2.75, 3.05) is 11.5 Å². The SMILES string of the molecule is C[C@@]12C=C[C@@](CO)(O1)[C@@H]1C(=O)N(c3ccccc3I)C(=O)[C@H]12.